The number of hydrogen-bond donors (Lipinski definition) is 0. The smallest absolute Gasteiger partial charge is 0.166 e. The standard InChI is InChI=1S/C11H11ClF2/c1-8(4-3-7-12)9-5-2-6-10(13)11(9)14/h2,4-6H,3,7H2,1H3/b8-4-. The molecule has 0 amide bonds. The van der Waals surface area contributed by atoms with Crippen LogP contribution >= 0.6 is 11.6 Å². The molecule has 3 heteroatoms. The van der Waals surface area contributed by atoms with E-state index in [2.05, 4.69) is 0 Å². The van der Waals surface area contributed by atoms with Gasteiger partial charge in [-0.3, -0.25) is 0 Å². The first-order chi connectivity index (χ1) is 6.66. The van der Waals surface area contributed by atoms with Crippen LogP contribution in [0.15, 0.2) is 24.3 Å². The highest BCUT2D eigenvalue weighted by atomic mass is 35.5. The summed E-state index contributed by atoms with van der Waals surface area (Å²) in [5, 5.41) is 0. The van der Waals surface area contributed by atoms with Gasteiger partial charge in [-0.05, 0) is 25.0 Å². The average molecular weight is 217 g/mol. The van der Waals surface area contributed by atoms with Gasteiger partial charge in [0.15, 0.2) is 11.6 Å². The Balaban J connectivity index is 3.01. The number of allylic oxidation sites excluding steroid dienone is 2. The molecule has 1 aromatic carbocycles. The third kappa shape index (κ3) is 2.55. The fraction of sp³-hybridized carbons (Fsp3) is 0.273. The number of hydrogen-bond acceptors (Lipinski definition) is 0. The predicted molar refractivity (Wildman–Crippen MR) is 55.3 cm³/mol. The molecule has 0 unspecified atom stereocenters. The Morgan fingerprint density at radius 3 is 2.79 bits per heavy atom. The first-order valence-corrected chi connectivity index (χ1v) is 4.87. The van der Waals surface area contributed by atoms with Gasteiger partial charge in [0.25, 0.3) is 0 Å². The van der Waals surface area contributed by atoms with Crippen molar-refractivity contribution in [2.75, 3.05) is 5.88 Å². The Morgan fingerprint density at radius 1 is 1.43 bits per heavy atom. The van der Waals surface area contributed by atoms with Gasteiger partial charge in [0, 0.05) is 11.4 Å². The molecular formula is C11H11ClF2. The Bertz CT molecular complexity index is 345. The van der Waals surface area contributed by atoms with E-state index >= 15 is 0 Å². The quantitative estimate of drug-likeness (QED) is 0.670. The highest BCUT2D eigenvalue weighted by Crippen LogP contribution is 2.20. The molecule has 0 atom stereocenters. The van der Waals surface area contributed by atoms with E-state index in [9.17, 15) is 8.78 Å². The Hall–Kier alpha value is -0.890. The van der Waals surface area contributed by atoms with Crippen LogP contribution in [0.25, 0.3) is 5.57 Å². The van der Waals surface area contributed by atoms with Crippen molar-refractivity contribution in [1.82, 2.24) is 0 Å². The summed E-state index contributed by atoms with van der Waals surface area (Å²) in [5.74, 6) is -1.13. The van der Waals surface area contributed by atoms with E-state index in [1.165, 1.54) is 6.07 Å². The topological polar surface area (TPSA) is 0 Å². The van der Waals surface area contributed by atoms with Gasteiger partial charge >= 0.3 is 0 Å². The third-order valence-electron chi connectivity index (χ3n) is 1.94. The summed E-state index contributed by atoms with van der Waals surface area (Å²) in [4.78, 5) is 0. The van der Waals surface area contributed by atoms with E-state index in [0.717, 1.165) is 6.07 Å². The van der Waals surface area contributed by atoms with E-state index in [-0.39, 0.29) is 0 Å². The van der Waals surface area contributed by atoms with E-state index in [0.29, 0.717) is 23.4 Å². The van der Waals surface area contributed by atoms with Crippen molar-refractivity contribution in [3.63, 3.8) is 0 Å². The summed E-state index contributed by atoms with van der Waals surface area (Å²) in [6.45, 7) is 1.74. The summed E-state index contributed by atoms with van der Waals surface area (Å²) in [6, 6.07) is 4.15. The minimum atomic E-state index is -0.818. The van der Waals surface area contributed by atoms with E-state index < -0.39 is 11.6 Å². The zero-order valence-electron chi connectivity index (χ0n) is 7.86. The minimum absolute atomic E-state index is 0.301. The van der Waals surface area contributed by atoms with E-state index in [4.69, 9.17) is 11.6 Å². The van der Waals surface area contributed by atoms with Crippen molar-refractivity contribution in [3.05, 3.63) is 41.5 Å². The van der Waals surface area contributed by atoms with Crippen molar-refractivity contribution in [2.24, 2.45) is 0 Å². The Labute approximate surface area is 87.2 Å². The zero-order chi connectivity index (χ0) is 10.6. The third-order valence-corrected chi connectivity index (χ3v) is 2.15. The lowest BCUT2D eigenvalue weighted by atomic mass is 10.1. The Kier molecular flexibility index (Phi) is 4.08. The lowest BCUT2D eigenvalue weighted by Gasteiger charge is -2.03. The molecule has 0 aliphatic carbocycles. The van der Waals surface area contributed by atoms with Gasteiger partial charge in [0.2, 0.25) is 0 Å². The summed E-state index contributed by atoms with van der Waals surface area (Å²) in [7, 11) is 0. The van der Waals surface area contributed by atoms with Crippen LogP contribution < -0.4 is 0 Å². The van der Waals surface area contributed by atoms with E-state index in [1.54, 1.807) is 19.1 Å². The van der Waals surface area contributed by atoms with Crippen LogP contribution in [-0.4, -0.2) is 5.88 Å². The first-order valence-electron chi connectivity index (χ1n) is 4.34. The van der Waals surface area contributed by atoms with Crippen LogP contribution in [0.4, 0.5) is 8.78 Å². The molecule has 0 spiro atoms. The molecule has 0 bridgehead atoms. The monoisotopic (exact) mass is 216 g/mol. The van der Waals surface area contributed by atoms with Crippen LogP contribution in [0.3, 0.4) is 0 Å². The lowest BCUT2D eigenvalue weighted by molar-refractivity contribution is 0.506. The maximum atomic E-state index is 13.2. The molecule has 76 valence electrons. The molecule has 0 saturated heterocycles. The lowest BCUT2D eigenvalue weighted by Crippen LogP contribution is -1.91. The first kappa shape index (κ1) is 11.2. The summed E-state index contributed by atoms with van der Waals surface area (Å²) < 4.78 is 26.1. The van der Waals surface area contributed by atoms with Gasteiger partial charge in [-0.2, -0.15) is 0 Å². The van der Waals surface area contributed by atoms with Crippen molar-refractivity contribution >= 4 is 17.2 Å². The second-order valence-electron chi connectivity index (χ2n) is 2.97. The summed E-state index contributed by atoms with van der Waals surface area (Å²) in [6.07, 6.45) is 2.45. The SMILES string of the molecule is C/C(=C/CCCl)c1cccc(F)c1F. The van der Waals surface area contributed by atoms with Crippen molar-refractivity contribution < 1.29 is 8.78 Å². The van der Waals surface area contributed by atoms with Gasteiger partial charge in [0.05, 0.1) is 0 Å². The molecule has 0 nitrogen and oxygen atoms in total. The van der Waals surface area contributed by atoms with Gasteiger partial charge in [-0.1, -0.05) is 18.2 Å². The van der Waals surface area contributed by atoms with Gasteiger partial charge < -0.3 is 0 Å². The number of rotatable bonds is 3. The van der Waals surface area contributed by atoms with Gasteiger partial charge in [-0.25, -0.2) is 8.78 Å². The molecule has 1 rings (SSSR count). The molecule has 0 N–H and O–H groups in total. The molecule has 0 saturated carbocycles. The van der Waals surface area contributed by atoms with Crippen LogP contribution in [-0.2, 0) is 0 Å². The fourth-order valence-electron chi connectivity index (χ4n) is 1.19. The normalized spacial score (nSPS) is 11.9. The van der Waals surface area contributed by atoms with Gasteiger partial charge in [-0.15, -0.1) is 11.6 Å². The van der Waals surface area contributed by atoms with E-state index in [1.807, 2.05) is 0 Å². The molecule has 0 aliphatic heterocycles. The molecule has 0 aromatic heterocycles. The van der Waals surface area contributed by atoms with Crippen LogP contribution in [0.2, 0.25) is 0 Å². The molecule has 14 heavy (non-hydrogen) atoms. The second kappa shape index (κ2) is 5.11. The summed E-state index contributed by atoms with van der Waals surface area (Å²) in [5.41, 5.74) is 1.01. The van der Waals surface area contributed by atoms with Crippen molar-refractivity contribution in [1.29, 1.82) is 0 Å². The maximum Gasteiger partial charge on any atom is 0.166 e. The molecule has 0 heterocycles. The zero-order valence-corrected chi connectivity index (χ0v) is 8.61. The molecule has 0 radical (unpaired) electrons. The molecule has 0 aliphatic rings. The second-order valence-corrected chi connectivity index (χ2v) is 3.34. The highest BCUT2D eigenvalue weighted by Gasteiger charge is 2.07. The molecule has 0 fully saturated rings. The molecular weight excluding hydrogens is 206 g/mol. The minimum Gasteiger partial charge on any atom is -0.204 e. The van der Waals surface area contributed by atoms with Gasteiger partial charge in [0.1, 0.15) is 0 Å². The number of alkyl halides is 1. The number of halogens is 3. The van der Waals surface area contributed by atoms with Crippen molar-refractivity contribution in [3.8, 4) is 0 Å². The largest absolute Gasteiger partial charge is 0.204 e. The predicted octanol–water partition coefficient (Wildman–Crippen LogP) is 4.00. The van der Waals surface area contributed by atoms with Crippen LogP contribution in [0, 0.1) is 11.6 Å². The van der Waals surface area contributed by atoms with Crippen LogP contribution in [0.1, 0.15) is 18.9 Å². The highest BCUT2D eigenvalue weighted by molar-refractivity contribution is 6.17. The van der Waals surface area contributed by atoms with Crippen molar-refractivity contribution in [2.45, 2.75) is 13.3 Å². The maximum absolute atomic E-state index is 13.2. The molecule has 1 aromatic rings. The summed E-state index contributed by atoms with van der Waals surface area (Å²) >= 11 is 5.49. The fourth-order valence-corrected chi connectivity index (χ4v) is 1.30. The average Bonchev–Trinajstić information content (AvgIpc) is 2.18. The Morgan fingerprint density at radius 2 is 2.14 bits per heavy atom. The van der Waals surface area contributed by atoms with Crippen LogP contribution in [0.5, 0.6) is 0 Å². The number of benzene rings is 1.